The van der Waals surface area contributed by atoms with Crippen LogP contribution in [-0.2, 0) is 6.42 Å². The normalized spacial score (nSPS) is 10.4. The third-order valence-electron chi connectivity index (χ3n) is 3.23. The number of nitrogens with zero attached hydrogens (tertiary/aromatic N) is 3. The lowest BCUT2D eigenvalue weighted by atomic mass is 10.2. The number of hydrogen-bond donors (Lipinski definition) is 0. The molecule has 0 bridgehead atoms. The van der Waals surface area contributed by atoms with Crippen LogP contribution in [0.2, 0.25) is 0 Å². The Morgan fingerprint density at radius 2 is 1.80 bits per heavy atom. The van der Waals surface area contributed by atoms with Crippen molar-refractivity contribution in [3.05, 3.63) is 54.6 Å². The van der Waals surface area contributed by atoms with Crippen molar-refractivity contribution in [2.45, 2.75) is 19.3 Å². The molecule has 2 aromatic heterocycles. The molecular weight excluding hydrogens is 270 g/mol. The van der Waals surface area contributed by atoms with Gasteiger partial charge in [-0.15, -0.1) is 11.6 Å². The lowest BCUT2D eigenvalue weighted by Crippen LogP contribution is -2.27. The van der Waals surface area contributed by atoms with Gasteiger partial charge in [0.15, 0.2) is 0 Å². The maximum atomic E-state index is 5.77. The van der Waals surface area contributed by atoms with E-state index in [9.17, 15) is 0 Å². The fourth-order valence-electron chi connectivity index (χ4n) is 2.13. The Hall–Kier alpha value is -1.61. The van der Waals surface area contributed by atoms with Crippen molar-refractivity contribution in [1.82, 2.24) is 9.97 Å². The summed E-state index contributed by atoms with van der Waals surface area (Å²) in [6.07, 6.45) is 10.6. The Kier molecular flexibility index (Phi) is 6.32. The number of anilines is 1. The van der Waals surface area contributed by atoms with Gasteiger partial charge in [0.2, 0.25) is 0 Å². The molecule has 0 aliphatic carbocycles. The van der Waals surface area contributed by atoms with Crippen LogP contribution in [0.15, 0.2) is 49.1 Å². The summed E-state index contributed by atoms with van der Waals surface area (Å²) in [7, 11) is 0. The molecule has 0 aromatic carbocycles. The zero-order valence-electron chi connectivity index (χ0n) is 11.6. The molecule has 4 heteroatoms. The van der Waals surface area contributed by atoms with E-state index < -0.39 is 0 Å². The highest BCUT2D eigenvalue weighted by Crippen LogP contribution is 2.14. The second kappa shape index (κ2) is 8.54. The molecule has 0 amide bonds. The molecule has 0 saturated heterocycles. The van der Waals surface area contributed by atoms with E-state index >= 15 is 0 Å². The largest absolute Gasteiger partial charge is 0.371 e. The van der Waals surface area contributed by atoms with Crippen LogP contribution >= 0.6 is 11.6 Å². The van der Waals surface area contributed by atoms with E-state index in [2.05, 4.69) is 33.1 Å². The van der Waals surface area contributed by atoms with Crippen LogP contribution in [0.4, 0.5) is 5.69 Å². The second-order valence-electron chi connectivity index (χ2n) is 4.70. The first-order valence-electron chi connectivity index (χ1n) is 7.00. The average molecular weight is 290 g/mol. The number of pyridine rings is 2. The van der Waals surface area contributed by atoms with E-state index in [0.29, 0.717) is 0 Å². The van der Waals surface area contributed by atoms with Crippen LogP contribution < -0.4 is 4.90 Å². The van der Waals surface area contributed by atoms with Crippen molar-refractivity contribution in [2.75, 3.05) is 23.9 Å². The van der Waals surface area contributed by atoms with Crippen LogP contribution in [-0.4, -0.2) is 28.9 Å². The highest BCUT2D eigenvalue weighted by molar-refractivity contribution is 6.17. The Bertz CT molecular complexity index is 476. The molecule has 106 valence electrons. The van der Waals surface area contributed by atoms with Crippen LogP contribution in [0.5, 0.6) is 0 Å². The molecule has 0 unspecified atom stereocenters. The summed E-state index contributed by atoms with van der Waals surface area (Å²) in [5, 5.41) is 0. The zero-order valence-corrected chi connectivity index (χ0v) is 12.3. The number of aromatic nitrogens is 2. The van der Waals surface area contributed by atoms with E-state index in [-0.39, 0.29) is 0 Å². The Morgan fingerprint density at radius 3 is 2.50 bits per heavy atom. The number of alkyl halides is 1. The van der Waals surface area contributed by atoms with Crippen molar-refractivity contribution < 1.29 is 0 Å². The topological polar surface area (TPSA) is 29.0 Å². The monoisotopic (exact) mass is 289 g/mol. The predicted molar refractivity (Wildman–Crippen MR) is 84.3 cm³/mol. The van der Waals surface area contributed by atoms with Gasteiger partial charge in [0.25, 0.3) is 0 Å². The lowest BCUT2D eigenvalue weighted by Gasteiger charge is -2.24. The Labute approximate surface area is 125 Å². The zero-order chi connectivity index (χ0) is 14.0. The summed E-state index contributed by atoms with van der Waals surface area (Å²) in [6.45, 7) is 2.01. The van der Waals surface area contributed by atoms with E-state index in [1.807, 2.05) is 30.9 Å². The van der Waals surface area contributed by atoms with Gasteiger partial charge in [-0.2, -0.15) is 0 Å². The van der Waals surface area contributed by atoms with E-state index in [1.165, 1.54) is 11.3 Å². The van der Waals surface area contributed by atoms with Crippen LogP contribution in [0, 0.1) is 0 Å². The standard InChI is InChI=1S/C16H20ClN3/c17-8-1-2-12-20(16-5-10-18-11-6-16)13-7-15-4-3-9-19-14-15/h3-6,9-11,14H,1-2,7-8,12-13H2. The van der Waals surface area contributed by atoms with E-state index in [4.69, 9.17) is 11.6 Å². The molecule has 0 atom stereocenters. The molecule has 0 aliphatic rings. The first kappa shape index (κ1) is 14.8. The minimum atomic E-state index is 0.729. The number of unbranched alkanes of at least 4 members (excludes halogenated alkanes) is 1. The summed E-state index contributed by atoms with van der Waals surface area (Å²) in [5.74, 6) is 0.729. The Balaban J connectivity index is 1.95. The molecule has 0 spiro atoms. The molecule has 0 aliphatic heterocycles. The molecule has 0 N–H and O–H groups in total. The van der Waals surface area contributed by atoms with Crippen LogP contribution in [0.1, 0.15) is 18.4 Å². The maximum Gasteiger partial charge on any atom is 0.0397 e. The summed E-state index contributed by atoms with van der Waals surface area (Å²) >= 11 is 5.77. The SMILES string of the molecule is ClCCCCN(CCc1cccnc1)c1ccncc1. The third kappa shape index (κ3) is 4.82. The first-order chi connectivity index (χ1) is 9.90. The van der Waals surface area contributed by atoms with Gasteiger partial charge in [0, 0.05) is 49.4 Å². The van der Waals surface area contributed by atoms with Crippen molar-refractivity contribution in [3.8, 4) is 0 Å². The van der Waals surface area contributed by atoms with Gasteiger partial charge >= 0.3 is 0 Å². The highest BCUT2D eigenvalue weighted by Gasteiger charge is 2.06. The first-order valence-corrected chi connectivity index (χ1v) is 7.53. The molecule has 20 heavy (non-hydrogen) atoms. The minimum Gasteiger partial charge on any atom is -0.371 e. The molecule has 0 saturated carbocycles. The highest BCUT2D eigenvalue weighted by atomic mass is 35.5. The summed E-state index contributed by atoms with van der Waals surface area (Å²) in [6, 6.07) is 8.23. The molecule has 2 rings (SSSR count). The smallest absolute Gasteiger partial charge is 0.0397 e. The Morgan fingerprint density at radius 1 is 0.950 bits per heavy atom. The van der Waals surface area contributed by atoms with Crippen LogP contribution in [0.25, 0.3) is 0 Å². The van der Waals surface area contributed by atoms with Gasteiger partial charge in [0.05, 0.1) is 0 Å². The maximum absolute atomic E-state index is 5.77. The number of halogens is 1. The minimum absolute atomic E-state index is 0.729. The van der Waals surface area contributed by atoms with Gasteiger partial charge in [-0.05, 0) is 43.0 Å². The average Bonchev–Trinajstić information content (AvgIpc) is 2.52. The quantitative estimate of drug-likeness (QED) is 0.550. The molecule has 0 fully saturated rings. The van der Waals surface area contributed by atoms with Gasteiger partial charge in [-0.25, -0.2) is 0 Å². The number of rotatable bonds is 8. The van der Waals surface area contributed by atoms with Gasteiger partial charge in [-0.3, -0.25) is 9.97 Å². The second-order valence-corrected chi connectivity index (χ2v) is 5.08. The molecule has 3 nitrogen and oxygen atoms in total. The van der Waals surface area contributed by atoms with Crippen LogP contribution in [0.3, 0.4) is 0 Å². The van der Waals surface area contributed by atoms with Gasteiger partial charge in [0.1, 0.15) is 0 Å². The molecular formula is C16H20ClN3. The fraction of sp³-hybridized carbons (Fsp3) is 0.375. The number of hydrogen-bond acceptors (Lipinski definition) is 3. The lowest BCUT2D eigenvalue weighted by molar-refractivity contribution is 0.712. The summed E-state index contributed by atoms with van der Waals surface area (Å²) < 4.78 is 0. The predicted octanol–water partition coefficient (Wildman–Crippen LogP) is 3.54. The van der Waals surface area contributed by atoms with Crippen molar-refractivity contribution in [1.29, 1.82) is 0 Å². The fourth-order valence-corrected chi connectivity index (χ4v) is 2.32. The van der Waals surface area contributed by atoms with Crippen molar-refractivity contribution >= 4 is 17.3 Å². The van der Waals surface area contributed by atoms with Gasteiger partial charge < -0.3 is 4.90 Å². The summed E-state index contributed by atoms with van der Waals surface area (Å²) in [4.78, 5) is 10.6. The third-order valence-corrected chi connectivity index (χ3v) is 3.50. The van der Waals surface area contributed by atoms with Crippen molar-refractivity contribution in [3.63, 3.8) is 0 Å². The van der Waals surface area contributed by atoms with Crippen molar-refractivity contribution in [2.24, 2.45) is 0 Å². The van der Waals surface area contributed by atoms with Gasteiger partial charge in [-0.1, -0.05) is 6.07 Å². The summed E-state index contributed by atoms with van der Waals surface area (Å²) in [5.41, 5.74) is 2.49. The molecule has 2 aromatic rings. The van der Waals surface area contributed by atoms with E-state index in [1.54, 1.807) is 0 Å². The molecule has 0 radical (unpaired) electrons. The van der Waals surface area contributed by atoms with E-state index in [0.717, 1.165) is 38.2 Å². The molecule has 2 heterocycles.